The first kappa shape index (κ1) is 19.7. The lowest BCUT2D eigenvalue weighted by Crippen LogP contribution is -2.43. The molecule has 0 bridgehead atoms. The van der Waals surface area contributed by atoms with Gasteiger partial charge in [0.1, 0.15) is 0 Å². The lowest BCUT2D eigenvalue weighted by Gasteiger charge is -2.32. The lowest BCUT2D eigenvalue weighted by atomic mass is 9.95. The van der Waals surface area contributed by atoms with Gasteiger partial charge in [0, 0.05) is 38.7 Å². The molecule has 1 heterocycles. The van der Waals surface area contributed by atoms with E-state index in [1.807, 2.05) is 30.3 Å². The zero-order valence-corrected chi connectivity index (χ0v) is 15.4. The van der Waals surface area contributed by atoms with Gasteiger partial charge in [-0.3, -0.25) is 14.4 Å². The number of esters is 1. The van der Waals surface area contributed by atoms with Crippen LogP contribution in [0, 0.1) is 5.92 Å². The number of rotatable bonds is 6. The van der Waals surface area contributed by atoms with E-state index in [-0.39, 0.29) is 30.1 Å². The van der Waals surface area contributed by atoms with E-state index < -0.39 is 0 Å². The van der Waals surface area contributed by atoms with Gasteiger partial charge in [-0.05, 0) is 24.5 Å². The van der Waals surface area contributed by atoms with Crippen molar-refractivity contribution in [3.8, 4) is 0 Å². The van der Waals surface area contributed by atoms with E-state index in [2.05, 4.69) is 4.74 Å². The number of likely N-dealkylation sites (tertiary alicyclic amines) is 1. The van der Waals surface area contributed by atoms with Crippen molar-refractivity contribution in [2.75, 3.05) is 33.8 Å². The van der Waals surface area contributed by atoms with E-state index in [4.69, 9.17) is 0 Å². The predicted octanol–water partition coefficient (Wildman–Crippen LogP) is 1.96. The quantitative estimate of drug-likeness (QED) is 0.576. The largest absolute Gasteiger partial charge is 0.469 e. The summed E-state index contributed by atoms with van der Waals surface area (Å²) in [6.45, 7) is 1.49. The Balaban J connectivity index is 1.79. The molecule has 0 saturated carbocycles. The maximum Gasteiger partial charge on any atom is 0.307 e. The fourth-order valence-corrected chi connectivity index (χ4v) is 2.97. The number of methoxy groups -OCH3 is 1. The highest BCUT2D eigenvalue weighted by atomic mass is 16.5. The van der Waals surface area contributed by atoms with E-state index >= 15 is 0 Å². The van der Waals surface area contributed by atoms with Crippen LogP contribution in [0.5, 0.6) is 0 Å². The third kappa shape index (κ3) is 5.72. The van der Waals surface area contributed by atoms with E-state index in [0.717, 1.165) is 5.56 Å². The van der Waals surface area contributed by atoms with Crippen LogP contribution in [0.2, 0.25) is 0 Å². The van der Waals surface area contributed by atoms with Gasteiger partial charge >= 0.3 is 5.97 Å². The number of nitrogens with zero attached hydrogens (tertiary/aromatic N) is 2. The van der Waals surface area contributed by atoms with Crippen molar-refractivity contribution in [3.63, 3.8) is 0 Å². The third-order valence-corrected chi connectivity index (χ3v) is 4.63. The van der Waals surface area contributed by atoms with Crippen molar-refractivity contribution in [1.82, 2.24) is 9.80 Å². The Morgan fingerprint density at radius 3 is 2.46 bits per heavy atom. The summed E-state index contributed by atoms with van der Waals surface area (Å²) in [5.41, 5.74) is 0.984. The molecule has 140 valence electrons. The van der Waals surface area contributed by atoms with Crippen LogP contribution in [-0.2, 0) is 19.1 Å². The molecule has 2 rings (SSSR count). The minimum atomic E-state index is -0.324. The standard InChI is InChI=1S/C20H26N2O4/c1-21(13-12-19(24)26-2)20(25)17-10-14-22(15-11-17)18(23)9-8-16-6-4-3-5-7-16/h3-9,17H,10-15H2,1-2H3/b9-8+. The Labute approximate surface area is 154 Å². The van der Waals surface area contributed by atoms with Crippen molar-refractivity contribution in [1.29, 1.82) is 0 Å². The fraction of sp³-hybridized carbons (Fsp3) is 0.450. The van der Waals surface area contributed by atoms with Crippen LogP contribution in [-0.4, -0.2) is 61.4 Å². The molecule has 0 aliphatic carbocycles. The number of benzene rings is 1. The molecule has 0 atom stereocenters. The highest BCUT2D eigenvalue weighted by Crippen LogP contribution is 2.20. The van der Waals surface area contributed by atoms with E-state index in [1.54, 1.807) is 29.0 Å². The molecule has 26 heavy (non-hydrogen) atoms. The second-order valence-electron chi connectivity index (χ2n) is 6.43. The summed E-state index contributed by atoms with van der Waals surface area (Å²) in [7, 11) is 3.04. The van der Waals surface area contributed by atoms with Crippen LogP contribution in [0.1, 0.15) is 24.8 Å². The van der Waals surface area contributed by atoms with Crippen LogP contribution in [0.3, 0.4) is 0 Å². The molecule has 6 nitrogen and oxygen atoms in total. The molecule has 0 unspecified atom stereocenters. The number of hydrogen-bond acceptors (Lipinski definition) is 4. The molecule has 1 fully saturated rings. The van der Waals surface area contributed by atoms with Gasteiger partial charge in [-0.25, -0.2) is 0 Å². The molecule has 2 amide bonds. The average molecular weight is 358 g/mol. The van der Waals surface area contributed by atoms with E-state index in [0.29, 0.717) is 32.5 Å². The molecular weight excluding hydrogens is 332 g/mol. The second kappa shape index (κ2) is 9.75. The fourth-order valence-electron chi connectivity index (χ4n) is 2.97. The smallest absolute Gasteiger partial charge is 0.307 e. The molecular formula is C20H26N2O4. The molecule has 1 saturated heterocycles. The number of amides is 2. The van der Waals surface area contributed by atoms with Crippen LogP contribution >= 0.6 is 0 Å². The summed E-state index contributed by atoms with van der Waals surface area (Å²) in [6, 6.07) is 9.68. The summed E-state index contributed by atoms with van der Waals surface area (Å²) < 4.78 is 4.59. The number of hydrogen-bond donors (Lipinski definition) is 0. The van der Waals surface area contributed by atoms with Gasteiger partial charge in [-0.15, -0.1) is 0 Å². The normalized spacial score (nSPS) is 15.1. The summed E-state index contributed by atoms with van der Waals surface area (Å²) in [4.78, 5) is 39.3. The van der Waals surface area contributed by atoms with Gasteiger partial charge in [-0.2, -0.15) is 0 Å². The summed E-state index contributed by atoms with van der Waals surface area (Å²) in [5.74, 6) is -0.422. The zero-order valence-electron chi connectivity index (χ0n) is 15.4. The molecule has 0 radical (unpaired) electrons. The van der Waals surface area contributed by atoms with Crippen molar-refractivity contribution in [2.45, 2.75) is 19.3 Å². The lowest BCUT2D eigenvalue weighted by molar-refractivity contribution is -0.143. The monoisotopic (exact) mass is 358 g/mol. The molecule has 0 N–H and O–H groups in total. The molecule has 1 aliphatic heterocycles. The average Bonchev–Trinajstić information content (AvgIpc) is 2.70. The Hall–Kier alpha value is -2.63. The van der Waals surface area contributed by atoms with E-state index in [9.17, 15) is 14.4 Å². The number of piperidine rings is 1. The molecule has 6 heteroatoms. The van der Waals surface area contributed by atoms with Gasteiger partial charge in [-0.1, -0.05) is 30.3 Å². The minimum absolute atomic E-state index is 0.0285. The van der Waals surface area contributed by atoms with Gasteiger partial charge in [0.15, 0.2) is 0 Å². The van der Waals surface area contributed by atoms with Crippen LogP contribution in [0.25, 0.3) is 6.08 Å². The minimum Gasteiger partial charge on any atom is -0.469 e. The highest BCUT2D eigenvalue weighted by molar-refractivity contribution is 5.92. The Kier molecular flexibility index (Phi) is 7.38. The van der Waals surface area contributed by atoms with Crippen LogP contribution in [0.4, 0.5) is 0 Å². The van der Waals surface area contributed by atoms with Crippen molar-refractivity contribution < 1.29 is 19.1 Å². The first-order chi connectivity index (χ1) is 12.5. The predicted molar refractivity (Wildman–Crippen MR) is 99.1 cm³/mol. The first-order valence-corrected chi connectivity index (χ1v) is 8.85. The van der Waals surface area contributed by atoms with E-state index in [1.165, 1.54) is 7.11 Å². The second-order valence-corrected chi connectivity index (χ2v) is 6.43. The van der Waals surface area contributed by atoms with Gasteiger partial charge in [0.05, 0.1) is 13.5 Å². The molecule has 1 aromatic rings. The van der Waals surface area contributed by atoms with Crippen molar-refractivity contribution >= 4 is 23.9 Å². The molecule has 1 aromatic carbocycles. The Morgan fingerprint density at radius 2 is 1.85 bits per heavy atom. The summed E-state index contributed by atoms with van der Waals surface area (Å²) in [6.07, 6.45) is 4.87. The summed E-state index contributed by atoms with van der Waals surface area (Å²) in [5, 5.41) is 0. The number of carbonyl (C=O) groups excluding carboxylic acids is 3. The van der Waals surface area contributed by atoms with Crippen LogP contribution < -0.4 is 0 Å². The van der Waals surface area contributed by atoms with Gasteiger partial charge < -0.3 is 14.5 Å². The van der Waals surface area contributed by atoms with Crippen molar-refractivity contribution in [3.05, 3.63) is 42.0 Å². The first-order valence-electron chi connectivity index (χ1n) is 8.85. The summed E-state index contributed by atoms with van der Waals surface area (Å²) >= 11 is 0. The third-order valence-electron chi connectivity index (χ3n) is 4.63. The van der Waals surface area contributed by atoms with Gasteiger partial charge in [0.25, 0.3) is 0 Å². The van der Waals surface area contributed by atoms with Gasteiger partial charge in [0.2, 0.25) is 11.8 Å². The number of carbonyl (C=O) groups is 3. The SMILES string of the molecule is COC(=O)CCN(C)C(=O)C1CCN(C(=O)/C=C/c2ccccc2)CC1. The highest BCUT2D eigenvalue weighted by Gasteiger charge is 2.28. The van der Waals surface area contributed by atoms with Crippen LogP contribution in [0.15, 0.2) is 36.4 Å². The Bertz CT molecular complexity index is 649. The molecule has 0 spiro atoms. The zero-order chi connectivity index (χ0) is 18.9. The molecule has 1 aliphatic rings. The topological polar surface area (TPSA) is 66.9 Å². The Morgan fingerprint density at radius 1 is 1.19 bits per heavy atom. The maximum atomic E-state index is 12.4. The van der Waals surface area contributed by atoms with Crippen molar-refractivity contribution in [2.24, 2.45) is 5.92 Å². The molecule has 0 aromatic heterocycles. The maximum absolute atomic E-state index is 12.4. The number of ether oxygens (including phenoxy) is 1.